The van der Waals surface area contributed by atoms with Gasteiger partial charge in [-0.2, -0.15) is 17.7 Å². The van der Waals surface area contributed by atoms with Crippen molar-refractivity contribution in [3.8, 4) is 0 Å². The summed E-state index contributed by atoms with van der Waals surface area (Å²) in [5.41, 5.74) is -0.0347. The molecule has 4 nitrogen and oxygen atoms in total. The number of nitrogens with one attached hydrogen (secondary N) is 1. The SMILES string of the molecule is O=C(C[n+]1ccc(C(=O)c2ccccc2)cc1)Nc1cc(C(F)(F)F)ccc1Cl.[Cl-]. The molecule has 3 rings (SSSR count). The summed E-state index contributed by atoms with van der Waals surface area (Å²) in [4.78, 5) is 24.6. The van der Waals surface area contributed by atoms with Crippen molar-refractivity contribution in [2.45, 2.75) is 12.7 Å². The van der Waals surface area contributed by atoms with E-state index in [1.165, 1.54) is 4.57 Å². The van der Waals surface area contributed by atoms with E-state index in [2.05, 4.69) is 5.32 Å². The summed E-state index contributed by atoms with van der Waals surface area (Å²) in [6, 6.07) is 14.6. The number of anilines is 1. The van der Waals surface area contributed by atoms with E-state index in [0.717, 1.165) is 18.2 Å². The number of aromatic nitrogens is 1. The van der Waals surface area contributed by atoms with Crippen molar-refractivity contribution in [3.63, 3.8) is 0 Å². The third kappa shape index (κ3) is 5.81. The third-order valence-electron chi connectivity index (χ3n) is 4.08. The van der Waals surface area contributed by atoms with Crippen LogP contribution in [-0.2, 0) is 17.5 Å². The van der Waals surface area contributed by atoms with Crippen molar-refractivity contribution in [1.82, 2.24) is 0 Å². The number of carbonyl (C=O) groups excluding carboxylic acids is 2. The average molecular weight is 455 g/mol. The van der Waals surface area contributed by atoms with Gasteiger partial charge >= 0.3 is 6.18 Å². The van der Waals surface area contributed by atoms with Crippen LogP contribution in [0.2, 0.25) is 5.02 Å². The Morgan fingerprint density at radius 2 is 1.53 bits per heavy atom. The van der Waals surface area contributed by atoms with Crippen LogP contribution < -0.4 is 22.3 Å². The van der Waals surface area contributed by atoms with Gasteiger partial charge in [0.05, 0.1) is 16.3 Å². The molecule has 0 aliphatic rings. The van der Waals surface area contributed by atoms with E-state index in [1.54, 1.807) is 48.8 Å². The number of amides is 1. The van der Waals surface area contributed by atoms with Gasteiger partial charge in [-0.05, 0) is 18.2 Å². The van der Waals surface area contributed by atoms with Gasteiger partial charge in [0.2, 0.25) is 6.54 Å². The lowest BCUT2D eigenvalue weighted by Gasteiger charge is -2.11. The maximum atomic E-state index is 12.8. The van der Waals surface area contributed by atoms with Crippen LogP contribution in [-0.4, -0.2) is 11.7 Å². The number of nitrogens with zero attached hydrogens (tertiary/aromatic N) is 1. The lowest BCUT2D eigenvalue weighted by atomic mass is 10.0. The molecule has 0 saturated heterocycles. The minimum Gasteiger partial charge on any atom is -1.00 e. The predicted molar refractivity (Wildman–Crippen MR) is 102 cm³/mol. The highest BCUT2D eigenvalue weighted by Gasteiger charge is 2.31. The van der Waals surface area contributed by atoms with Gasteiger partial charge in [0.25, 0.3) is 5.91 Å². The van der Waals surface area contributed by atoms with Gasteiger partial charge in [0.1, 0.15) is 0 Å². The van der Waals surface area contributed by atoms with Gasteiger partial charge in [0.15, 0.2) is 18.2 Å². The van der Waals surface area contributed by atoms with Crippen LogP contribution in [0.15, 0.2) is 73.1 Å². The Morgan fingerprint density at radius 3 is 2.13 bits per heavy atom. The molecule has 9 heteroatoms. The Kier molecular flexibility index (Phi) is 7.59. The number of hydrogen-bond acceptors (Lipinski definition) is 2. The first-order valence-electron chi connectivity index (χ1n) is 8.49. The molecule has 0 fully saturated rings. The zero-order valence-corrected chi connectivity index (χ0v) is 16.8. The first-order chi connectivity index (χ1) is 13.7. The molecule has 3 aromatic rings. The number of hydrogen-bond donors (Lipinski definition) is 1. The van der Waals surface area contributed by atoms with Gasteiger partial charge in [-0.3, -0.25) is 9.59 Å². The standard InChI is InChI=1S/C21H14ClF3N2O2.ClH/c22-17-7-6-16(21(23,24)25)12-18(17)26-19(28)13-27-10-8-15(9-11-27)20(29)14-4-2-1-3-5-14;/h1-12H,13H2;1H. The summed E-state index contributed by atoms with van der Waals surface area (Å²) in [6.45, 7) is -0.160. The zero-order valence-electron chi connectivity index (χ0n) is 15.3. The monoisotopic (exact) mass is 454 g/mol. The molecule has 0 unspecified atom stereocenters. The van der Waals surface area contributed by atoms with E-state index < -0.39 is 17.6 Å². The molecule has 0 saturated carbocycles. The predicted octanol–water partition coefficient (Wildman–Crippen LogP) is 1.52. The summed E-state index contributed by atoms with van der Waals surface area (Å²) in [6.07, 6.45) is -1.45. The quantitative estimate of drug-likeness (QED) is 0.469. The molecule has 0 atom stereocenters. The van der Waals surface area contributed by atoms with Crippen molar-refractivity contribution < 1.29 is 39.7 Å². The maximum Gasteiger partial charge on any atom is 0.416 e. The minimum absolute atomic E-state index is 0. The first kappa shape index (κ1) is 23.4. The van der Waals surface area contributed by atoms with Crippen molar-refractivity contribution >= 4 is 29.0 Å². The highest BCUT2D eigenvalue weighted by Crippen LogP contribution is 2.33. The topological polar surface area (TPSA) is 50.0 Å². The smallest absolute Gasteiger partial charge is 0.416 e. The number of carbonyl (C=O) groups is 2. The van der Waals surface area contributed by atoms with Crippen LogP contribution >= 0.6 is 11.6 Å². The summed E-state index contributed by atoms with van der Waals surface area (Å²) < 4.78 is 40.0. The third-order valence-corrected chi connectivity index (χ3v) is 4.41. The van der Waals surface area contributed by atoms with Crippen molar-refractivity contribution in [2.75, 3.05) is 5.32 Å². The fourth-order valence-electron chi connectivity index (χ4n) is 2.62. The number of ketones is 1. The van der Waals surface area contributed by atoms with Gasteiger partial charge in [-0.15, -0.1) is 0 Å². The Hall–Kier alpha value is -2.90. The second-order valence-corrected chi connectivity index (χ2v) is 6.60. The van der Waals surface area contributed by atoms with Crippen LogP contribution in [0.5, 0.6) is 0 Å². The van der Waals surface area contributed by atoms with Gasteiger partial charge in [-0.25, -0.2) is 0 Å². The largest absolute Gasteiger partial charge is 1.00 e. The normalized spacial score (nSPS) is 10.8. The summed E-state index contributed by atoms with van der Waals surface area (Å²) in [5, 5.41) is 2.38. The molecule has 0 spiro atoms. The average Bonchev–Trinajstić information content (AvgIpc) is 2.69. The van der Waals surface area contributed by atoms with E-state index in [4.69, 9.17) is 11.6 Å². The fourth-order valence-corrected chi connectivity index (χ4v) is 2.79. The lowest BCUT2D eigenvalue weighted by molar-refractivity contribution is -0.684. The van der Waals surface area contributed by atoms with Crippen LogP contribution in [0.4, 0.5) is 18.9 Å². The van der Waals surface area contributed by atoms with E-state index in [9.17, 15) is 22.8 Å². The molecule has 1 aromatic heterocycles. The number of benzene rings is 2. The molecule has 1 heterocycles. The Bertz CT molecular complexity index is 1040. The number of rotatable bonds is 5. The Balaban J connectivity index is 0.00000320. The van der Waals surface area contributed by atoms with Crippen LogP contribution in [0, 0.1) is 0 Å². The molecular formula is C21H15Cl2F3N2O2. The maximum absolute atomic E-state index is 12.8. The molecule has 1 amide bonds. The molecule has 2 aromatic carbocycles. The first-order valence-corrected chi connectivity index (χ1v) is 8.87. The van der Waals surface area contributed by atoms with Crippen molar-refractivity contribution in [3.05, 3.63) is 94.8 Å². The van der Waals surface area contributed by atoms with E-state index in [0.29, 0.717) is 11.1 Å². The summed E-state index contributed by atoms with van der Waals surface area (Å²) in [7, 11) is 0. The van der Waals surface area contributed by atoms with Gasteiger partial charge < -0.3 is 17.7 Å². The van der Waals surface area contributed by atoms with Crippen LogP contribution in [0.25, 0.3) is 0 Å². The van der Waals surface area contributed by atoms with E-state index in [1.807, 2.05) is 6.07 Å². The highest BCUT2D eigenvalue weighted by atomic mass is 35.5. The molecular weight excluding hydrogens is 440 g/mol. The summed E-state index contributed by atoms with van der Waals surface area (Å²) in [5.74, 6) is -0.712. The van der Waals surface area contributed by atoms with Gasteiger partial charge in [0, 0.05) is 23.3 Å². The molecule has 0 bridgehead atoms. The summed E-state index contributed by atoms with van der Waals surface area (Å²) >= 11 is 5.88. The fraction of sp³-hybridized carbons (Fsp3) is 0.0952. The Labute approximate surface area is 181 Å². The molecule has 156 valence electrons. The second-order valence-electron chi connectivity index (χ2n) is 6.19. The number of alkyl halides is 3. The van der Waals surface area contributed by atoms with E-state index in [-0.39, 0.29) is 35.4 Å². The van der Waals surface area contributed by atoms with E-state index >= 15 is 0 Å². The highest BCUT2D eigenvalue weighted by molar-refractivity contribution is 6.33. The number of halogens is 5. The second kappa shape index (κ2) is 9.73. The molecule has 1 N–H and O–H groups in total. The van der Waals surface area contributed by atoms with Crippen LogP contribution in [0.3, 0.4) is 0 Å². The van der Waals surface area contributed by atoms with Crippen molar-refractivity contribution in [1.29, 1.82) is 0 Å². The molecule has 0 aliphatic carbocycles. The number of pyridine rings is 1. The van der Waals surface area contributed by atoms with Gasteiger partial charge in [-0.1, -0.05) is 41.9 Å². The molecule has 30 heavy (non-hydrogen) atoms. The lowest BCUT2D eigenvalue weighted by Crippen LogP contribution is -3.00. The zero-order chi connectivity index (χ0) is 21.0. The van der Waals surface area contributed by atoms with Crippen molar-refractivity contribution in [2.24, 2.45) is 0 Å². The van der Waals surface area contributed by atoms with Crippen LogP contribution in [0.1, 0.15) is 21.5 Å². The molecule has 0 aliphatic heterocycles. The minimum atomic E-state index is -4.54. The Morgan fingerprint density at radius 1 is 0.933 bits per heavy atom. The molecule has 0 radical (unpaired) electrons.